The SMILES string of the molecule is C#CCCC1(CCC(=O)NC2CCc3nc(C)[nH]c3C2)N=N1. The average molecular weight is 299 g/mol. The number of aromatic nitrogens is 2. The number of nitrogens with one attached hydrogen (secondary N) is 2. The number of imidazole rings is 1. The lowest BCUT2D eigenvalue weighted by atomic mass is 9.95. The molecule has 1 amide bonds. The van der Waals surface area contributed by atoms with Gasteiger partial charge in [-0.3, -0.25) is 4.79 Å². The summed E-state index contributed by atoms with van der Waals surface area (Å²) in [5.41, 5.74) is 1.93. The number of aromatic amines is 1. The molecule has 2 heterocycles. The zero-order chi connectivity index (χ0) is 15.6. The monoisotopic (exact) mass is 299 g/mol. The molecule has 0 saturated heterocycles. The Morgan fingerprint density at radius 2 is 2.32 bits per heavy atom. The standard InChI is InChI=1S/C16H21N5O/c1-3-4-8-16(20-21-16)9-7-15(22)19-12-5-6-13-14(10-12)18-11(2)17-13/h1,12H,4-10H2,2H3,(H,17,18)(H,19,22). The number of terminal acetylenes is 1. The third-order valence-electron chi connectivity index (χ3n) is 4.33. The summed E-state index contributed by atoms with van der Waals surface area (Å²) in [7, 11) is 0. The minimum Gasteiger partial charge on any atom is -0.353 e. The number of aryl methyl sites for hydroxylation is 2. The van der Waals surface area contributed by atoms with Crippen molar-refractivity contribution in [3.05, 3.63) is 17.2 Å². The van der Waals surface area contributed by atoms with Crippen molar-refractivity contribution in [2.75, 3.05) is 0 Å². The van der Waals surface area contributed by atoms with Crippen molar-refractivity contribution in [2.24, 2.45) is 10.2 Å². The van der Waals surface area contributed by atoms with Crippen LogP contribution in [0.25, 0.3) is 0 Å². The maximum absolute atomic E-state index is 12.1. The average Bonchev–Trinajstić information content (AvgIpc) is 3.17. The van der Waals surface area contributed by atoms with Crippen LogP contribution in [-0.4, -0.2) is 27.6 Å². The molecule has 1 unspecified atom stereocenters. The Kier molecular flexibility index (Phi) is 3.97. The molecule has 0 fully saturated rings. The first-order valence-electron chi connectivity index (χ1n) is 7.81. The Bertz CT molecular complexity index is 633. The highest BCUT2D eigenvalue weighted by Gasteiger charge is 2.39. The van der Waals surface area contributed by atoms with Crippen LogP contribution < -0.4 is 5.32 Å². The lowest BCUT2D eigenvalue weighted by molar-refractivity contribution is -0.122. The number of nitrogens with zero attached hydrogens (tertiary/aromatic N) is 3. The molecule has 0 spiro atoms. The Balaban J connectivity index is 1.44. The van der Waals surface area contributed by atoms with Gasteiger partial charge < -0.3 is 10.3 Å². The quantitative estimate of drug-likeness (QED) is 0.788. The Hall–Kier alpha value is -2.16. The molecule has 1 aliphatic carbocycles. The maximum atomic E-state index is 12.1. The summed E-state index contributed by atoms with van der Waals surface area (Å²) in [6.07, 6.45) is 10.5. The second kappa shape index (κ2) is 5.91. The molecule has 2 N–H and O–H groups in total. The molecule has 2 aliphatic rings. The summed E-state index contributed by atoms with van der Waals surface area (Å²) in [5, 5.41) is 11.2. The number of amides is 1. The molecule has 22 heavy (non-hydrogen) atoms. The summed E-state index contributed by atoms with van der Waals surface area (Å²) in [6.45, 7) is 1.96. The lowest BCUT2D eigenvalue weighted by Crippen LogP contribution is -2.39. The van der Waals surface area contributed by atoms with Gasteiger partial charge in [0.2, 0.25) is 5.91 Å². The zero-order valence-corrected chi connectivity index (χ0v) is 12.9. The van der Waals surface area contributed by atoms with E-state index in [-0.39, 0.29) is 17.6 Å². The van der Waals surface area contributed by atoms with Crippen molar-refractivity contribution in [1.29, 1.82) is 0 Å². The molecule has 0 bridgehead atoms. The minimum absolute atomic E-state index is 0.0714. The Morgan fingerprint density at radius 1 is 1.50 bits per heavy atom. The van der Waals surface area contributed by atoms with Crippen LogP contribution in [0.15, 0.2) is 10.2 Å². The number of hydrogen-bond donors (Lipinski definition) is 2. The lowest BCUT2D eigenvalue weighted by Gasteiger charge is -2.22. The molecule has 1 aromatic rings. The first-order valence-corrected chi connectivity index (χ1v) is 7.81. The molecule has 6 heteroatoms. The van der Waals surface area contributed by atoms with Crippen molar-refractivity contribution < 1.29 is 4.79 Å². The van der Waals surface area contributed by atoms with Gasteiger partial charge in [-0.15, -0.1) is 12.3 Å². The maximum Gasteiger partial charge on any atom is 0.220 e. The van der Waals surface area contributed by atoms with E-state index in [1.54, 1.807) is 0 Å². The second-order valence-corrected chi connectivity index (χ2v) is 6.14. The topological polar surface area (TPSA) is 82.5 Å². The Morgan fingerprint density at radius 3 is 3.05 bits per heavy atom. The molecule has 116 valence electrons. The summed E-state index contributed by atoms with van der Waals surface area (Å²) in [5.74, 6) is 3.62. The summed E-state index contributed by atoms with van der Waals surface area (Å²) in [6, 6.07) is 0.189. The predicted molar refractivity (Wildman–Crippen MR) is 82.2 cm³/mol. The van der Waals surface area contributed by atoms with Crippen LogP contribution >= 0.6 is 0 Å². The molecule has 6 nitrogen and oxygen atoms in total. The number of H-pyrrole nitrogens is 1. The van der Waals surface area contributed by atoms with Crippen molar-refractivity contribution >= 4 is 5.91 Å². The number of carbonyl (C=O) groups is 1. The van der Waals surface area contributed by atoms with E-state index in [2.05, 4.69) is 31.4 Å². The fourth-order valence-corrected chi connectivity index (χ4v) is 3.03. The van der Waals surface area contributed by atoms with Crippen molar-refractivity contribution in [3.63, 3.8) is 0 Å². The van der Waals surface area contributed by atoms with Gasteiger partial charge >= 0.3 is 0 Å². The first kappa shape index (κ1) is 14.8. The van der Waals surface area contributed by atoms with Gasteiger partial charge in [0.15, 0.2) is 5.66 Å². The molecule has 0 saturated carbocycles. The van der Waals surface area contributed by atoms with Crippen molar-refractivity contribution in [1.82, 2.24) is 15.3 Å². The van der Waals surface area contributed by atoms with Gasteiger partial charge in [0, 0.05) is 43.8 Å². The summed E-state index contributed by atoms with van der Waals surface area (Å²) < 4.78 is 0. The molecule has 1 aromatic heterocycles. The number of fused-ring (bicyclic) bond motifs is 1. The van der Waals surface area contributed by atoms with E-state index < -0.39 is 0 Å². The minimum atomic E-state index is -0.371. The van der Waals surface area contributed by atoms with E-state index in [0.29, 0.717) is 19.3 Å². The fraction of sp³-hybridized carbons (Fsp3) is 0.625. The van der Waals surface area contributed by atoms with Crippen LogP contribution in [0.2, 0.25) is 0 Å². The van der Waals surface area contributed by atoms with E-state index in [0.717, 1.165) is 42.9 Å². The Labute approximate surface area is 130 Å². The van der Waals surface area contributed by atoms with E-state index in [1.165, 1.54) is 0 Å². The van der Waals surface area contributed by atoms with Gasteiger partial charge in [0.05, 0.1) is 5.69 Å². The highest BCUT2D eigenvalue weighted by Crippen LogP contribution is 2.37. The van der Waals surface area contributed by atoms with E-state index in [4.69, 9.17) is 6.42 Å². The number of carbonyl (C=O) groups excluding carboxylic acids is 1. The van der Waals surface area contributed by atoms with Gasteiger partial charge in [0.25, 0.3) is 0 Å². The van der Waals surface area contributed by atoms with Crippen LogP contribution in [-0.2, 0) is 17.6 Å². The first-order chi connectivity index (χ1) is 10.6. The van der Waals surface area contributed by atoms with E-state index in [9.17, 15) is 4.79 Å². The molecule has 3 rings (SSSR count). The third-order valence-corrected chi connectivity index (χ3v) is 4.33. The highest BCUT2D eigenvalue weighted by atomic mass is 16.1. The zero-order valence-electron chi connectivity index (χ0n) is 12.9. The summed E-state index contributed by atoms with van der Waals surface area (Å²) >= 11 is 0. The summed E-state index contributed by atoms with van der Waals surface area (Å²) in [4.78, 5) is 19.9. The van der Waals surface area contributed by atoms with Crippen LogP contribution in [0.1, 0.15) is 49.3 Å². The van der Waals surface area contributed by atoms with Crippen LogP contribution in [0.5, 0.6) is 0 Å². The van der Waals surface area contributed by atoms with E-state index in [1.807, 2.05) is 6.92 Å². The molecule has 1 atom stereocenters. The molecule has 0 radical (unpaired) electrons. The van der Waals surface area contributed by atoms with Gasteiger partial charge in [-0.05, 0) is 19.8 Å². The van der Waals surface area contributed by atoms with Crippen molar-refractivity contribution in [2.45, 2.75) is 63.6 Å². The van der Waals surface area contributed by atoms with Gasteiger partial charge in [-0.25, -0.2) is 4.98 Å². The molecular formula is C16H21N5O. The van der Waals surface area contributed by atoms with Gasteiger partial charge in [-0.1, -0.05) is 0 Å². The third kappa shape index (κ3) is 3.35. The highest BCUT2D eigenvalue weighted by molar-refractivity contribution is 5.76. The second-order valence-electron chi connectivity index (χ2n) is 6.14. The molecular weight excluding hydrogens is 278 g/mol. The predicted octanol–water partition coefficient (Wildman–Crippen LogP) is 2.05. The molecule has 1 aliphatic heterocycles. The number of hydrogen-bond acceptors (Lipinski definition) is 4. The van der Waals surface area contributed by atoms with Crippen LogP contribution in [0.3, 0.4) is 0 Å². The fourth-order valence-electron chi connectivity index (χ4n) is 3.03. The van der Waals surface area contributed by atoms with Crippen LogP contribution in [0.4, 0.5) is 0 Å². The van der Waals surface area contributed by atoms with Gasteiger partial charge in [-0.2, -0.15) is 10.2 Å². The molecule has 0 aromatic carbocycles. The van der Waals surface area contributed by atoms with Crippen molar-refractivity contribution in [3.8, 4) is 12.3 Å². The number of rotatable bonds is 6. The van der Waals surface area contributed by atoms with E-state index >= 15 is 0 Å². The normalized spacial score (nSPS) is 21.0. The largest absolute Gasteiger partial charge is 0.353 e. The van der Waals surface area contributed by atoms with Crippen LogP contribution in [0, 0.1) is 19.3 Å². The smallest absolute Gasteiger partial charge is 0.220 e. The van der Waals surface area contributed by atoms with Gasteiger partial charge in [0.1, 0.15) is 5.82 Å².